The number of allylic oxidation sites excluding steroid dienone is 1. The standard InChI is InChI=1S/C31H28N2O6/c1-36-25-11-7-6-10-24(25)32-28(34)18-39-31(35)29-21-8-4-5-9-23(21)33-30-20(13-14-22(29)30)16-19-12-15-26(37-2)27(17-19)38-3/h4-12,15-17H,13-14,18H2,1-3H3,(H,32,34)/b20-16+. The van der Waals surface area contributed by atoms with Crippen molar-refractivity contribution in [1.29, 1.82) is 0 Å². The molecular formula is C31H28N2O6. The van der Waals surface area contributed by atoms with Crippen LogP contribution in [0.25, 0.3) is 22.6 Å². The predicted molar refractivity (Wildman–Crippen MR) is 149 cm³/mol. The summed E-state index contributed by atoms with van der Waals surface area (Å²) >= 11 is 0. The van der Waals surface area contributed by atoms with Crippen LogP contribution in [0, 0.1) is 0 Å². The molecule has 0 atom stereocenters. The molecule has 0 bridgehead atoms. The molecule has 1 aliphatic carbocycles. The molecule has 1 heterocycles. The summed E-state index contributed by atoms with van der Waals surface area (Å²) in [6.45, 7) is -0.434. The largest absolute Gasteiger partial charge is 0.495 e. The van der Waals surface area contributed by atoms with Crippen LogP contribution in [0.15, 0.2) is 66.7 Å². The monoisotopic (exact) mass is 524 g/mol. The molecule has 0 spiro atoms. The highest BCUT2D eigenvalue weighted by molar-refractivity contribution is 6.08. The molecule has 8 nitrogen and oxygen atoms in total. The number of benzene rings is 3. The Hall–Kier alpha value is -4.85. The third-order valence-corrected chi connectivity index (χ3v) is 6.61. The lowest BCUT2D eigenvalue weighted by molar-refractivity contribution is -0.119. The Balaban J connectivity index is 1.44. The first-order chi connectivity index (χ1) is 19.0. The Labute approximate surface area is 226 Å². The topological polar surface area (TPSA) is 96.0 Å². The number of nitrogens with one attached hydrogen (secondary N) is 1. The number of carbonyl (C=O) groups is 2. The Bertz CT molecular complexity index is 1590. The number of nitrogens with zero attached hydrogens (tertiary/aromatic N) is 1. The number of amides is 1. The molecular weight excluding hydrogens is 496 g/mol. The molecule has 0 fully saturated rings. The Morgan fingerprint density at radius 3 is 2.41 bits per heavy atom. The molecule has 1 aliphatic rings. The van der Waals surface area contributed by atoms with Crippen LogP contribution in [-0.4, -0.2) is 44.8 Å². The van der Waals surface area contributed by atoms with Crippen LogP contribution in [0.3, 0.4) is 0 Å². The van der Waals surface area contributed by atoms with Crippen molar-refractivity contribution in [2.24, 2.45) is 0 Å². The molecule has 0 aliphatic heterocycles. The summed E-state index contributed by atoms with van der Waals surface area (Å²) in [5.74, 6) is 0.774. The van der Waals surface area contributed by atoms with E-state index in [4.69, 9.17) is 23.9 Å². The van der Waals surface area contributed by atoms with E-state index in [-0.39, 0.29) is 0 Å². The van der Waals surface area contributed by atoms with Gasteiger partial charge in [0.2, 0.25) is 0 Å². The third-order valence-electron chi connectivity index (χ3n) is 6.61. The van der Waals surface area contributed by atoms with Gasteiger partial charge >= 0.3 is 5.97 Å². The predicted octanol–water partition coefficient (Wildman–Crippen LogP) is 5.54. The average molecular weight is 525 g/mol. The average Bonchev–Trinajstić information content (AvgIpc) is 3.36. The molecule has 3 aromatic carbocycles. The van der Waals surface area contributed by atoms with E-state index in [1.54, 1.807) is 38.5 Å². The number of esters is 1. The highest BCUT2D eigenvalue weighted by Gasteiger charge is 2.28. The maximum absolute atomic E-state index is 13.4. The van der Waals surface area contributed by atoms with Crippen molar-refractivity contribution in [3.8, 4) is 17.2 Å². The highest BCUT2D eigenvalue weighted by Crippen LogP contribution is 2.38. The van der Waals surface area contributed by atoms with Crippen molar-refractivity contribution < 1.29 is 28.5 Å². The van der Waals surface area contributed by atoms with E-state index in [9.17, 15) is 9.59 Å². The first kappa shape index (κ1) is 25.8. The number of fused-ring (bicyclic) bond motifs is 2. The minimum Gasteiger partial charge on any atom is -0.495 e. The van der Waals surface area contributed by atoms with Gasteiger partial charge in [-0.15, -0.1) is 0 Å². The summed E-state index contributed by atoms with van der Waals surface area (Å²) in [6.07, 6.45) is 3.39. The minimum absolute atomic E-state index is 0.434. The highest BCUT2D eigenvalue weighted by atomic mass is 16.5. The van der Waals surface area contributed by atoms with Gasteiger partial charge in [0.05, 0.1) is 43.8 Å². The van der Waals surface area contributed by atoms with Crippen LogP contribution < -0.4 is 19.5 Å². The van der Waals surface area contributed by atoms with Crippen LogP contribution in [0.2, 0.25) is 0 Å². The zero-order valence-electron chi connectivity index (χ0n) is 21.9. The van der Waals surface area contributed by atoms with Crippen molar-refractivity contribution in [2.45, 2.75) is 12.8 Å². The van der Waals surface area contributed by atoms with Gasteiger partial charge in [-0.3, -0.25) is 4.79 Å². The molecule has 0 unspecified atom stereocenters. The van der Waals surface area contributed by atoms with Crippen molar-refractivity contribution in [3.63, 3.8) is 0 Å². The van der Waals surface area contributed by atoms with E-state index < -0.39 is 18.5 Å². The number of anilines is 1. The molecule has 8 heteroatoms. The van der Waals surface area contributed by atoms with Gasteiger partial charge in [-0.25, -0.2) is 9.78 Å². The van der Waals surface area contributed by atoms with Gasteiger partial charge < -0.3 is 24.3 Å². The first-order valence-corrected chi connectivity index (χ1v) is 12.5. The normalized spacial score (nSPS) is 13.2. The summed E-state index contributed by atoms with van der Waals surface area (Å²) in [4.78, 5) is 30.9. The van der Waals surface area contributed by atoms with Crippen LogP contribution in [-0.2, 0) is 16.0 Å². The zero-order chi connectivity index (χ0) is 27.4. The van der Waals surface area contributed by atoms with Crippen molar-refractivity contribution in [3.05, 3.63) is 89.1 Å². The number of hydrogen-bond acceptors (Lipinski definition) is 7. The van der Waals surface area contributed by atoms with Gasteiger partial charge in [0, 0.05) is 5.39 Å². The molecule has 0 saturated heterocycles. The van der Waals surface area contributed by atoms with E-state index in [1.165, 1.54) is 7.11 Å². The number of para-hydroxylation sites is 3. The second-order valence-electron chi connectivity index (χ2n) is 8.94. The smallest absolute Gasteiger partial charge is 0.339 e. The number of rotatable bonds is 8. The zero-order valence-corrected chi connectivity index (χ0v) is 21.9. The van der Waals surface area contributed by atoms with E-state index in [0.29, 0.717) is 52.2 Å². The summed E-state index contributed by atoms with van der Waals surface area (Å²) in [6, 6.07) is 20.2. The van der Waals surface area contributed by atoms with E-state index in [2.05, 4.69) is 5.32 Å². The summed E-state index contributed by atoms with van der Waals surface area (Å²) in [5.41, 5.74) is 5.14. The second kappa shape index (κ2) is 11.3. The molecule has 4 aromatic rings. The third kappa shape index (κ3) is 5.27. The van der Waals surface area contributed by atoms with Gasteiger partial charge in [0.15, 0.2) is 18.1 Å². The Morgan fingerprint density at radius 2 is 1.62 bits per heavy atom. The quantitative estimate of drug-likeness (QED) is 0.302. The van der Waals surface area contributed by atoms with Crippen molar-refractivity contribution in [2.75, 3.05) is 33.3 Å². The molecule has 198 valence electrons. The van der Waals surface area contributed by atoms with Crippen LogP contribution in [0.5, 0.6) is 17.2 Å². The van der Waals surface area contributed by atoms with Crippen molar-refractivity contribution >= 4 is 40.1 Å². The molecule has 39 heavy (non-hydrogen) atoms. The van der Waals surface area contributed by atoms with E-state index >= 15 is 0 Å². The van der Waals surface area contributed by atoms with Gasteiger partial charge in [-0.05, 0) is 65.9 Å². The number of hydrogen-bond donors (Lipinski definition) is 1. The van der Waals surface area contributed by atoms with Gasteiger partial charge in [0.1, 0.15) is 5.75 Å². The fraction of sp³-hybridized carbons (Fsp3) is 0.194. The van der Waals surface area contributed by atoms with Crippen LogP contribution >= 0.6 is 0 Å². The number of aromatic nitrogens is 1. The summed E-state index contributed by atoms with van der Waals surface area (Å²) in [7, 11) is 4.72. The lowest BCUT2D eigenvalue weighted by Crippen LogP contribution is -2.22. The maximum atomic E-state index is 13.4. The fourth-order valence-electron chi connectivity index (χ4n) is 4.79. The Morgan fingerprint density at radius 1 is 0.872 bits per heavy atom. The molecule has 1 aromatic heterocycles. The van der Waals surface area contributed by atoms with Gasteiger partial charge in [-0.2, -0.15) is 0 Å². The number of ether oxygens (including phenoxy) is 4. The SMILES string of the molecule is COc1ccccc1NC(=O)COC(=O)c1c2c(nc3ccccc13)/C(=C/c1ccc(OC)c(OC)c1)CC2. The van der Waals surface area contributed by atoms with Crippen LogP contribution in [0.1, 0.15) is 33.6 Å². The number of methoxy groups -OCH3 is 3. The van der Waals surface area contributed by atoms with E-state index in [1.807, 2.05) is 48.5 Å². The number of pyridine rings is 1. The van der Waals surface area contributed by atoms with E-state index in [0.717, 1.165) is 22.4 Å². The van der Waals surface area contributed by atoms with Gasteiger partial charge in [-0.1, -0.05) is 36.4 Å². The summed E-state index contributed by atoms with van der Waals surface area (Å²) < 4.78 is 21.6. The molecule has 5 rings (SSSR count). The lowest BCUT2D eigenvalue weighted by Gasteiger charge is -2.13. The van der Waals surface area contributed by atoms with Gasteiger partial charge in [0.25, 0.3) is 5.91 Å². The Kier molecular flexibility index (Phi) is 7.45. The molecule has 0 saturated carbocycles. The molecule has 1 amide bonds. The maximum Gasteiger partial charge on any atom is 0.339 e. The molecule has 1 N–H and O–H groups in total. The molecule has 0 radical (unpaired) electrons. The minimum atomic E-state index is -0.563. The summed E-state index contributed by atoms with van der Waals surface area (Å²) in [5, 5.41) is 3.42. The lowest BCUT2D eigenvalue weighted by atomic mass is 10.0. The van der Waals surface area contributed by atoms with Crippen LogP contribution in [0.4, 0.5) is 5.69 Å². The number of carbonyl (C=O) groups excluding carboxylic acids is 2. The first-order valence-electron chi connectivity index (χ1n) is 12.5. The van der Waals surface area contributed by atoms with Crippen molar-refractivity contribution in [1.82, 2.24) is 4.98 Å². The second-order valence-corrected chi connectivity index (χ2v) is 8.94. The fourth-order valence-corrected chi connectivity index (χ4v) is 4.79.